The highest BCUT2D eigenvalue weighted by Gasteiger charge is 1.63. The minimum atomic E-state index is -0.639. The summed E-state index contributed by atoms with van der Waals surface area (Å²) in [6.45, 7) is 0. The van der Waals surface area contributed by atoms with E-state index in [1.165, 1.54) is 0 Å². The van der Waals surface area contributed by atoms with Crippen LogP contribution in [0.5, 0.6) is 0 Å². The molecule has 0 fully saturated rings. The highest BCUT2D eigenvalue weighted by molar-refractivity contribution is 7.96. The molecule has 9 heavy (non-hydrogen) atoms. The second-order valence-corrected chi connectivity index (χ2v) is 1.56. The summed E-state index contributed by atoms with van der Waals surface area (Å²) >= 11 is 6.21. The summed E-state index contributed by atoms with van der Waals surface area (Å²) in [4.78, 5) is 18.2. The van der Waals surface area contributed by atoms with Crippen LogP contribution < -0.4 is 11.5 Å². The predicted molar refractivity (Wildman–Crippen MR) is 43.9 cm³/mol. The van der Waals surface area contributed by atoms with Gasteiger partial charge in [-0.2, -0.15) is 0 Å². The zero-order chi connectivity index (χ0) is 7.15. The Kier molecular flexibility index (Phi) is 18.7. The molecule has 0 unspecified atom stereocenters. The van der Waals surface area contributed by atoms with Crippen LogP contribution in [0, 0.1) is 0 Å². The quantitative estimate of drug-likeness (QED) is 0.402. The van der Waals surface area contributed by atoms with Crippen LogP contribution in [0.15, 0.2) is 0 Å². The minimum absolute atomic E-state index is 0. The van der Waals surface area contributed by atoms with Gasteiger partial charge < -0.3 is 11.5 Å². The van der Waals surface area contributed by atoms with Gasteiger partial charge in [0.1, 0.15) is 0 Å². The molecule has 0 aromatic rings. The second kappa shape index (κ2) is 10.6. The van der Waals surface area contributed by atoms with Gasteiger partial charge in [0.05, 0.1) is 0 Å². The monoisotopic (exact) mass is 170 g/mol. The smallest absolute Gasteiger partial charge is 0.273 e. The van der Waals surface area contributed by atoms with Gasteiger partial charge in [-0.15, -0.1) is 0 Å². The average molecular weight is 170 g/mol. The fourth-order valence-electron chi connectivity index (χ4n) is 0. The molecule has 0 aliphatic heterocycles. The molecule has 0 spiro atoms. The molecule has 2 amide bonds. The molecule has 0 aromatic carbocycles. The summed E-state index contributed by atoms with van der Waals surface area (Å²) < 4.78 is 0. The van der Waals surface area contributed by atoms with E-state index in [1.54, 1.807) is 0 Å². The summed E-state index contributed by atoms with van der Waals surface area (Å²) in [6.07, 6.45) is 0. The third kappa shape index (κ3) is 1880. The number of carbonyl (C=O) groups is 2. The van der Waals surface area contributed by atoms with Gasteiger partial charge in [0.2, 0.25) is 0 Å². The summed E-state index contributed by atoms with van der Waals surface area (Å²) in [5, 5.41) is -1.28. The van der Waals surface area contributed by atoms with Crippen LogP contribution in [0.4, 0.5) is 9.59 Å². The minimum Gasteiger partial charge on any atom is -0.361 e. The van der Waals surface area contributed by atoms with Crippen LogP contribution in [0.25, 0.3) is 0 Å². The van der Waals surface area contributed by atoms with E-state index in [9.17, 15) is 0 Å². The fraction of sp³-hybridized carbons (Fsp3) is 0.333. The molecule has 0 aliphatic rings. The van der Waals surface area contributed by atoms with E-state index in [1.807, 2.05) is 0 Å². The van der Waals surface area contributed by atoms with E-state index in [0.29, 0.717) is 0 Å². The normalized spacial score (nSPS) is 5.56. The van der Waals surface area contributed by atoms with Crippen molar-refractivity contribution >= 4 is 35.7 Å². The van der Waals surface area contributed by atoms with E-state index in [2.05, 4.69) is 36.7 Å². The second-order valence-electron chi connectivity index (χ2n) is 0.676. The molecule has 0 bridgehead atoms. The number of primary amides is 2. The Bertz CT molecular complexity index is 75.8. The van der Waals surface area contributed by atoms with Crippen molar-refractivity contribution in [2.75, 3.05) is 0 Å². The first-order valence-corrected chi connectivity index (χ1v) is 2.33. The van der Waals surface area contributed by atoms with Crippen molar-refractivity contribution in [3.05, 3.63) is 0 Å². The maximum Gasteiger partial charge on any atom is 0.273 e. The standard InChI is InChI=1S/2CH3NOS.CH4/c2*2-1(3)4;/h2*(H3,2,3,4);1H4. The Morgan fingerprint density at radius 2 is 1.00 bits per heavy atom. The molecule has 0 rings (SSSR count). The molecular weight excluding hydrogens is 160 g/mol. The number of hydrogen-bond acceptors (Lipinski definition) is 2. The van der Waals surface area contributed by atoms with Crippen LogP contribution in [0.1, 0.15) is 7.43 Å². The highest BCUT2D eigenvalue weighted by Crippen LogP contribution is 1.61. The van der Waals surface area contributed by atoms with Crippen molar-refractivity contribution in [1.82, 2.24) is 0 Å². The SMILES string of the molecule is C.NC(=O)S.NC(=O)S. The largest absolute Gasteiger partial charge is 0.361 e. The molecular formula is C3H10N2O2S2. The van der Waals surface area contributed by atoms with Gasteiger partial charge in [-0.05, 0) is 0 Å². The zero-order valence-corrected chi connectivity index (χ0v) is 5.65. The van der Waals surface area contributed by atoms with Crippen molar-refractivity contribution in [3.63, 3.8) is 0 Å². The first-order chi connectivity index (χ1) is 3.46. The number of amides is 2. The molecule has 4 N–H and O–H groups in total. The van der Waals surface area contributed by atoms with Gasteiger partial charge in [0.15, 0.2) is 0 Å². The van der Waals surface area contributed by atoms with Crippen LogP contribution in [-0.2, 0) is 0 Å². The third-order valence-corrected chi connectivity index (χ3v) is 0. The lowest BCUT2D eigenvalue weighted by atomic mass is 11.5. The maximum absolute atomic E-state index is 9.09. The Morgan fingerprint density at radius 1 is 1.00 bits per heavy atom. The highest BCUT2D eigenvalue weighted by atomic mass is 32.1. The van der Waals surface area contributed by atoms with E-state index >= 15 is 0 Å². The molecule has 56 valence electrons. The molecule has 6 heteroatoms. The summed E-state index contributed by atoms with van der Waals surface area (Å²) in [5.74, 6) is 0. The summed E-state index contributed by atoms with van der Waals surface area (Å²) in [7, 11) is 0. The van der Waals surface area contributed by atoms with E-state index < -0.39 is 10.5 Å². The van der Waals surface area contributed by atoms with Gasteiger partial charge in [-0.25, -0.2) is 0 Å². The molecule has 4 nitrogen and oxygen atoms in total. The Labute approximate surface area is 64.8 Å². The average Bonchev–Trinajstić information content (AvgIpc) is 1.25. The topological polar surface area (TPSA) is 86.2 Å². The van der Waals surface area contributed by atoms with Gasteiger partial charge in [0, 0.05) is 0 Å². The molecule has 0 atom stereocenters. The van der Waals surface area contributed by atoms with Gasteiger partial charge in [-0.1, -0.05) is 32.7 Å². The molecule has 0 radical (unpaired) electrons. The molecule has 0 saturated heterocycles. The lowest BCUT2D eigenvalue weighted by Crippen LogP contribution is -1.95. The fourth-order valence-corrected chi connectivity index (χ4v) is 0. The first-order valence-electron chi connectivity index (χ1n) is 1.43. The van der Waals surface area contributed by atoms with Gasteiger partial charge in [0.25, 0.3) is 10.5 Å². The predicted octanol–water partition coefficient (Wildman–Crippen LogP) is 0.626. The van der Waals surface area contributed by atoms with Crippen LogP contribution in [0.3, 0.4) is 0 Å². The maximum atomic E-state index is 9.09. The Balaban J connectivity index is -0.0000000720. The molecule has 0 heterocycles. The number of carbonyl (C=O) groups excluding carboxylic acids is 2. The van der Waals surface area contributed by atoms with Crippen molar-refractivity contribution in [2.45, 2.75) is 7.43 Å². The molecule has 0 aromatic heterocycles. The van der Waals surface area contributed by atoms with Crippen molar-refractivity contribution < 1.29 is 9.59 Å². The van der Waals surface area contributed by atoms with Crippen molar-refractivity contribution in [3.8, 4) is 0 Å². The number of thiol groups is 2. The number of rotatable bonds is 0. The summed E-state index contributed by atoms with van der Waals surface area (Å²) in [6, 6.07) is 0. The Hall–Kier alpha value is -0.360. The third-order valence-electron chi connectivity index (χ3n) is 0. The molecule has 0 aliphatic carbocycles. The first kappa shape index (κ1) is 15.9. The zero-order valence-electron chi connectivity index (χ0n) is 3.87. The van der Waals surface area contributed by atoms with Gasteiger partial charge in [-0.3, -0.25) is 9.59 Å². The van der Waals surface area contributed by atoms with Crippen LogP contribution in [-0.4, -0.2) is 10.5 Å². The van der Waals surface area contributed by atoms with Crippen molar-refractivity contribution in [1.29, 1.82) is 0 Å². The van der Waals surface area contributed by atoms with E-state index in [0.717, 1.165) is 0 Å². The van der Waals surface area contributed by atoms with E-state index in [-0.39, 0.29) is 7.43 Å². The van der Waals surface area contributed by atoms with Gasteiger partial charge >= 0.3 is 0 Å². The lowest BCUT2D eigenvalue weighted by molar-refractivity contribution is 0.266. The lowest BCUT2D eigenvalue weighted by Gasteiger charge is -1.59. The molecule has 0 saturated carbocycles. The summed E-state index contributed by atoms with van der Waals surface area (Å²) in [5.41, 5.74) is 8.67. The number of nitrogens with two attached hydrogens (primary N) is 2. The van der Waals surface area contributed by atoms with Crippen molar-refractivity contribution in [2.24, 2.45) is 11.5 Å². The van der Waals surface area contributed by atoms with Crippen LogP contribution >= 0.6 is 25.3 Å². The van der Waals surface area contributed by atoms with Crippen LogP contribution in [0.2, 0.25) is 0 Å². The van der Waals surface area contributed by atoms with E-state index in [4.69, 9.17) is 9.59 Å². The number of hydrogen-bond donors (Lipinski definition) is 4. The Morgan fingerprint density at radius 3 is 1.00 bits per heavy atom.